The molecule has 1 heterocycles. The van der Waals surface area contributed by atoms with Crippen molar-refractivity contribution in [2.24, 2.45) is 0 Å². The third-order valence-corrected chi connectivity index (χ3v) is 7.75. The van der Waals surface area contributed by atoms with Crippen LogP contribution in [0.2, 0.25) is 0 Å². The molecule has 1 aliphatic heterocycles. The fourth-order valence-corrected chi connectivity index (χ4v) is 6.43. The molecule has 6 heteroatoms. The van der Waals surface area contributed by atoms with Gasteiger partial charge in [0.25, 0.3) is 10.0 Å². The SMILES string of the molecule is COc1ccc(S(=O)(=O)N2C(c3ccccc3)=C(I)C[C@H]2c2ccccc2)cc1. The van der Waals surface area contributed by atoms with Crippen molar-refractivity contribution < 1.29 is 13.2 Å². The number of benzene rings is 3. The van der Waals surface area contributed by atoms with E-state index in [9.17, 15) is 8.42 Å². The zero-order chi connectivity index (χ0) is 20.4. The molecule has 0 saturated carbocycles. The van der Waals surface area contributed by atoms with Crippen LogP contribution in [0.15, 0.2) is 93.4 Å². The molecule has 0 N–H and O–H groups in total. The van der Waals surface area contributed by atoms with Crippen LogP contribution in [0.1, 0.15) is 23.6 Å². The number of halogens is 1. The summed E-state index contributed by atoms with van der Waals surface area (Å²) in [5, 5.41) is 0. The van der Waals surface area contributed by atoms with Crippen molar-refractivity contribution in [3.05, 3.63) is 99.6 Å². The van der Waals surface area contributed by atoms with Gasteiger partial charge in [0.15, 0.2) is 0 Å². The van der Waals surface area contributed by atoms with Crippen LogP contribution in [-0.2, 0) is 10.0 Å². The average Bonchev–Trinajstić information content (AvgIpc) is 3.13. The molecule has 0 unspecified atom stereocenters. The molecule has 4 nitrogen and oxygen atoms in total. The van der Waals surface area contributed by atoms with Crippen LogP contribution in [0.4, 0.5) is 0 Å². The predicted molar refractivity (Wildman–Crippen MR) is 123 cm³/mol. The normalized spacial score (nSPS) is 16.9. The standard InChI is InChI=1S/C23H20INO3S/c1-28-19-12-14-20(15-13-19)29(26,27)25-22(17-8-4-2-5-9-17)16-21(24)23(25)18-10-6-3-7-11-18/h2-15,22H,16H2,1H3/t22-/m0/s1. The minimum Gasteiger partial charge on any atom is -0.497 e. The Bertz CT molecular complexity index is 1130. The summed E-state index contributed by atoms with van der Waals surface area (Å²) in [5.74, 6) is 0.624. The van der Waals surface area contributed by atoms with Gasteiger partial charge in [-0.25, -0.2) is 8.42 Å². The van der Waals surface area contributed by atoms with Gasteiger partial charge in [-0.15, -0.1) is 0 Å². The van der Waals surface area contributed by atoms with Crippen molar-refractivity contribution in [2.75, 3.05) is 7.11 Å². The fourth-order valence-electron chi connectivity index (χ4n) is 3.58. The summed E-state index contributed by atoms with van der Waals surface area (Å²) in [6.07, 6.45) is 0.643. The Balaban J connectivity index is 1.87. The molecule has 0 amide bonds. The van der Waals surface area contributed by atoms with Crippen LogP contribution < -0.4 is 4.74 Å². The first-order valence-electron chi connectivity index (χ1n) is 9.20. The molecule has 4 rings (SSSR count). The first-order chi connectivity index (χ1) is 14.0. The molecule has 3 aromatic rings. The molecule has 0 fully saturated rings. The molecule has 0 radical (unpaired) electrons. The molecule has 0 spiro atoms. The van der Waals surface area contributed by atoms with Crippen molar-refractivity contribution in [3.8, 4) is 5.75 Å². The summed E-state index contributed by atoms with van der Waals surface area (Å²) in [7, 11) is -2.21. The number of ether oxygens (including phenoxy) is 1. The molecule has 29 heavy (non-hydrogen) atoms. The van der Waals surface area contributed by atoms with Gasteiger partial charge in [0.05, 0.1) is 23.7 Å². The van der Waals surface area contributed by atoms with Gasteiger partial charge >= 0.3 is 0 Å². The van der Waals surface area contributed by atoms with E-state index in [0.29, 0.717) is 12.2 Å². The second-order valence-corrected chi connectivity index (χ2v) is 9.84. The Morgan fingerprint density at radius 2 is 1.48 bits per heavy atom. The van der Waals surface area contributed by atoms with Gasteiger partial charge in [-0.3, -0.25) is 4.31 Å². The van der Waals surface area contributed by atoms with E-state index in [-0.39, 0.29) is 10.9 Å². The number of methoxy groups -OCH3 is 1. The van der Waals surface area contributed by atoms with E-state index in [0.717, 1.165) is 20.4 Å². The molecular formula is C23H20INO3S. The van der Waals surface area contributed by atoms with Crippen LogP contribution in [0, 0.1) is 0 Å². The first kappa shape index (κ1) is 20.0. The van der Waals surface area contributed by atoms with Crippen molar-refractivity contribution in [3.63, 3.8) is 0 Å². The number of sulfonamides is 1. The second-order valence-electron chi connectivity index (χ2n) is 6.73. The Kier molecular flexibility index (Phi) is 5.65. The minimum atomic E-state index is -3.78. The Labute approximate surface area is 185 Å². The average molecular weight is 517 g/mol. The Morgan fingerprint density at radius 3 is 2.07 bits per heavy atom. The van der Waals surface area contributed by atoms with Crippen molar-refractivity contribution >= 4 is 38.3 Å². The summed E-state index contributed by atoms with van der Waals surface area (Å²) < 4.78 is 35.4. The Hall–Kier alpha value is -2.32. The molecule has 0 aliphatic carbocycles. The lowest BCUT2D eigenvalue weighted by Crippen LogP contribution is -2.30. The van der Waals surface area contributed by atoms with E-state index in [1.807, 2.05) is 60.7 Å². The second kappa shape index (κ2) is 8.20. The van der Waals surface area contributed by atoms with Gasteiger partial charge in [-0.1, -0.05) is 60.7 Å². The maximum atomic E-state index is 13.8. The van der Waals surface area contributed by atoms with E-state index in [4.69, 9.17) is 4.74 Å². The van der Waals surface area contributed by atoms with E-state index in [1.54, 1.807) is 35.7 Å². The quantitative estimate of drug-likeness (QED) is 0.412. The monoisotopic (exact) mass is 517 g/mol. The number of rotatable bonds is 5. The van der Waals surface area contributed by atoms with E-state index >= 15 is 0 Å². The van der Waals surface area contributed by atoms with E-state index in [2.05, 4.69) is 22.6 Å². The zero-order valence-electron chi connectivity index (χ0n) is 15.8. The van der Waals surface area contributed by atoms with Crippen molar-refractivity contribution in [1.82, 2.24) is 4.31 Å². The van der Waals surface area contributed by atoms with Crippen LogP contribution in [0.3, 0.4) is 0 Å². The predicted octanol–water partition coefficient (Wildman–Crippen LogP) is 5.63. The third-order valence-electron chi connectivity index (χ3n) is 4.98. The van der Waals surface area contributed by atoms with Crippen molar-refractivity contribution in [2.45, 2.75) is 17.4 Å². The minimum absolute atomic E-state index is 0.249. The fraction of sp³-hybridized carbons (Fsp3) is 0.130. The smallest absolute Gasteiger partial charge is 0.264 e. The zero-order valence-corrected chi connectivity index (χ0v) is 18.8. The van der Waals surface area contributed by atoms with E-state index in [1.165, 1.54) is 0 Å². The molecule has 1 atom stereocenters. The van der Waals surface area contributed by atoms with E-state index < -0.39 is 10.0 Å². The molecular weight excluding hydrogens is 497 g/mol. The number of nitrogens with zero attached hydrogens (tertiary/aromatic N) is 1. The molecule has 148 valence electrons. The lowest BCUT2D eigenvalue weighted by molar-refractivity contribution is 0.414. The van der Waals surface area contributed by atoms with Gasteiger partial charge in [0.2, 0.25) is 0 Å². The molecule has 0 saturated heterocycles. The van der Waals surface area contributed by atoms with Gasteiger partial charge in [-0.2, -0.15) is 0 Å². The molecule has 3 aromatic carbocycles. The van der Waals surface area contributed by atoms with Gasteiger partial charge in [0.1, 0.15) is 5.75 Å². The highest BCUT2D eigenvalue weighted by atomic mass is 127. The lowest BCUT2D eigenvalue weighted by Gasteiger charge is -2.29. The van der Waals surface area contributed by atoms with Gasteiger partial charge in [-0.05, 0) is 58.0 Å². The molecule has 1 aliphatic rings. The van der Waals surface area contributed by atoms with Gasteiger partial charge in [0, 0.05) is 10.0 Å². The maximum Gasteiger partial charge on any atom is 0.264 e. The largest absolute Gasteiger partial charge is 0.497 e. The van der Waals surface area contributed by atoms with Crippen LogP contribution in [0.5, 0.6) is 5.75 Å². The summed E-state index contributed by atoms with van der Waals surface area (Å²) in [4.78, 5) is 0.249. The molecule has 0 bridgehead atoms. The first-order valence-corrected chi connectivity index (χ1v) is 11.7. The third kappa shape index (κ3) is 3.79. The van der Waals surface area contributed by atoms with Crippen LogP contribution in [-0.4, -0.2) is 19.8 Å². The highest BCUT2D eigenvalue weighted by Crippen LogP contribution is 2.49. The lowest BCUT2D eigenvalue weighted by atomic mass is 10.1. The van der Waals surface area contributed by atoms with Crippen LogP contribution >= 0.6 is 22.6 Å². The number of hydrogen-bond acceptors (Lipinski definition) is 3. The topological polar surface area (TPSA) is 46.6 Å². The molecule has 0 aromatic heterocycles. The summed E-state index contributed by atoms with van der Waals surface area (Å²) in [6.45, 7) is 0. The summed E-state index contributed by atoms with van der Waals surface area (Å²) in [6, 6.07) is 25.8. The van der Waals surface area contributed by atoms with Crippen molar-refractivity contribution in [1.29, 1.82) is 0 Å². The number of hydrogen-bond donors (Lipinski definition) is 0. The summed E-state index contributed by atoms with van der Waals surface area (Å²) >= 11 is 2.28. The van der Waals surface area contributed by atoms with Crippen LogP contribution in [0.25, 0.3) is 5.70 Å². The Morgan fingerprint density at radius 1 is 0.897 bits per heavy atom. The maximum absolute atomic E-state index is 13.8. The highest BCUT2D eigenvalue weighted by molar-refractivity contribution is 14.1. The van der Waals surface area contributed by atoms with Gasteiger partial charge < -0.3 is 4.74 Å². The highest BCUT2D eigenvalue weighted by Gasteiger charge is 2.41. The summed E-state index contributed by atoms with van der Waals surface area (Å²) in [5.41, 5.74) is 2.62.